The van der Waals surface area contributed by atoms with Crippen LogP contribution in [0.4, 0.5) is 18.7 Å². The van der Waals surface area contributed by atoms with Crippen LogP contribution in [0.3, 0.4) is 0 Å². The first-order valence-electron chi connectivity index (χ1n) is 22.6. The predicted octanol–water partition coefficient (Wildman–Crippen LogP) is 9.55. The minimum atomic E-state index is -4.56. The van der Waals surface area contributed by atoms with E-state index in [-0.39, 0.29) is 36.6 Å². The highest BCUT2D eigenvalue weighted by Gasteiger charge is 2.66. The van der Waals surface area contributed by atoms with Gasteiger partial charge in [0.2, 0.25) is 19.2 Å². The van der Waals surface area contributed by atoms with Gasteiger partial charge < -0.3 is 40.0 Å². The number of benzene rings is 2. The van der Waals surface area contributed by atoms with Crippen LogP contribution >= 0.6 is 30.3 Å². The molecule has 4 aromatic rings. The number of nitrogens with one attached hydrogen (secondary N) is 3. The Bertz CT molecular complexity index is 2450. The zero-order valence-electron chi connectivity index (χ0n) is 36.7. The number of hydrogen-bond acceptors (Lipinski definition) is 11. The van der Waals surface area contributed by atoms with Gasteiger partial charge in [-0.2, -0.15) is 0 Å². The number of carbonyl (C=O) groups excluding carboxylic acids is 3. The molecule has 19 heteroatoms. The van der Waals surface area contributed by atoms with E-state index >= 15 is 0 Å². The van der Waals surface area contributed by atoms with E-state index in [1.807, 2.05) is 19.2 Å². The quantitative estimate of drug-likeness (QED) is 0.105. The summed E-state index contributed by atoms with van der Waals surface area (Å²) in [5.74, 6) is -2.85. The third-order valence-electron chi connectivity index (χ3n) is 13.1. The summed E-state index contributed by atoms with van der Waals surface area (Å²) >= 11 is 8.28. The van der Waals surface area contributed by atoms with Gasteiger partial charge in [0, 0.05) is 34.9 Å². The van der Waals surface area contributed by atoms with Crippen LogP contribution in [0.25, 0.3) is 22.3 Å². The van der Waals surface area contributed by atoms with E-state index in [4.69, 9.17) is 35.8 Å². The molecule has 2 saturated heterocycles. The Balaban J connectivity index is 1.14. The minimum absolute atomic E-state index is 0.0442. The Morgan fingerprint density at radius 1 is 1.00 bits per heavy atom. The molecule has 2 aliphatic heterocycles. The molecule has 65 heavy (non-hydrogen) atoms. The number of rotatable bonds is 11. The number of nitrogens with zero attached hydrogens (tertiary/aromatic N) is 3. The first-order valence-corrected chi connectivity index (χ1v) is 25.7. The normalized spacial score (nSPS) is 25.2. The van der Waals surface area contributed by atoms with Crippen molar-refractivity contribution in [1.82, 2.24) is 25.5 Å². The minimum Gasteiger partial charge on any atom is -0.495 e. The maximum Gasteiger partial charge on any atom is 0.408 e. The Kier molecular flexibility index (Phi) is 14.2. The van der Waals surface area contributed by atoms with Crippen LogP contribution in [-0.4, -0.2) is 86.9 Å². The zero-order valence-corrected chi connectivity index (χ0v) is 39.2. The average Bonchev–Trinajstić information content (AvgIpc) is 3.68. The smallest absolute Gasteiger partial charge is 0.408 e. The summed E-state index contributed by atoms with van der Waals surface area (Å²) in [7, 11) is -3.06. The lowest BCUT2D eigenvalue weighted by Crippen LogP contribution is -2.55. The van der Waals surface area contributed by atoms with Gasteiger partial charge >= 0.3 is 6.09 Å². The Hall–Kier alpha value is -4.57. The SMILES string of the molecule is COc1ccc2c(O[C@@H]3C[C@H]4C(=O)N[C@@]5(P(=O)(O)Cc6c(F)cccc6F)C[C@H]5CCCCCCC[C@H](NC(=O)OC5CCCC5)C(=O)N4C3)cc(-c3csc(NC(C)C)n3)nc2c1Cl. The Labute approximate surface area is 386 Å². The van der Waals surface area contributed by atoms with E-state index in [1.54, 1.807) is 18.2 Å². The number of carbonyl (C=O) groups is 3. The van der Waals surface area contributed by atoms with Crippen molar-refractivity contribution in [1.29, 1.82) is 0 Å². The van der Waals surface area contributed by atoms with Crippen molar-refractivity contribution in [3.63, 3.8) is 0 Å². The van der Waals surface area contributed by atoms with Crippen LogP contribution in [0.15, 0.2) is 41.8 Å². The van der Waals surface area contributed by atoms with Crippen LogP contribution in [0, 0.1) is 17.6 Å². The molecule has 0 bridgehead atoms. The molecule has 4 fully saturated rings. The van der Waals surface area contributed by atoms with Gasteiger partial charge in [0.1, 0.15) is 63.4 Å². The first-order chi connectivity index (χ1) is 31.2. The molecule has 0 radical (unpaired) electrons. The van der Waals surface area contributed by atoms with E-state index in [9.17, 15) is 32.6 Å². The van der Waals surface area contributed by atoms with Crippen molar-refractivity contribution >= 4 is 64.2 Å². The topological polar surface area (TPSA) is 181 Å². The molecule has 8 rings (SSSR count). The number of hydrogen-bond donors (Lipinski definition) is 4. The van der Waals surface area contributed by atoms with Crippen molar-refractivity contribution in [2.45, 2.75) is 139 Å². The summed E-state index contributed by atoms with van der Waals surface area (Å²) in [6, 6.07) is 6.29. The monoisotopic (exact) mass is 956 g/mol. The molecule has 2 aliphatic carbocycles. The Morgan fingerprint density at radius 3 is 2.43 bits per heavy atom. The second kappa shape index (κ2) is 19.7. The fourth-order valence-electron chi connectivity index (χ4n) is 9.58. The fourth-order valence-corrected chi connectivity index (χ4v) is 13.2. The maximum absolute atomic E-state index is 15.0. The average molecular weight is 957 g/mol. The van der Waals surface area contributed by atoms with E-state index < -0.39 is 78.0 Å². The third-order valence-corrected chi connectivity index (χ3v) is 16.9. The summed E-state index contributed by atoms with van der Waals surface area (Å²) in [6.45, 7) is 3.92. The van der Waals surface area contributed by atoms with Crippen LogP contribution in [0.2, 0.25) is 5.02 Å². The van der Waals surface area contributed by atoms with Crippen LogP contribution in [0.1, 0.15) is 103 Å². The molecule has 2 saturated carbocycles. The summed E-state index contributed by atoms with van der Waals surface area (Å²) in [5.41, 5.74) is 0.862. The number of fused-ring (bicyclic) bond motifs is 3. The van der Waals surface area contributed by atoms with Gasteiger partial charge in [-0.3, -0.25) is 14.2 Å². The standard InChI is InChI=1S/C46H56ClF2N6O8PS/c1-26(2)50-44-52-36(25-65-44)35-21-39(30-18-19-38(61-3)40(47)41(30)51-35)62-29-20-37-42(56)54-46(64(59,60)24-31-32(48)15-11-16-33(31)49)22-27(46)12-7-5-4-6-8-17-34(43(57)55(37)23-29)53-45(58)63-28-13-9-10-14-28/h11,15-16,18-19,21,25-29,34,37H,4-10,12-14,17,20,22-24H2,1-3H3,(H,50,52)(H,53,58)(H,54,56)(H,59,60)/t27-,29-,34+,37+,46-/m1/s1. The maximum atomic E-state index is 15.0. The number of anilines is 1. The number of halogens is 3. The van der Waals surface area contributed by atoms with Gasteiger partial charge in [-0.05, 0) is 89.0 Å². The van der Waals surface area contributed by atoms with Crippen molar-refractivity contribution in [3.8, 4) is 22.9 Å². The van der Waals surface area contributed by atoms with Crippen molar-refractivity contribution in [2.75, 3.05) is 19.0 Å². The fraction of sp³-hybridized carbons (Fsp3) is 0.543. The molecule has 4 N–H and O–H groups in total. The number of methoxy groups -OCH3 is 1. The summed E-state index contributed by atoms with van der Waals surface area (Å²) in [5, 5.41) is 10.7. The summed E-state index contributed by atoms with van der Waals surface area (Å²) < 4.78 is 62.5. The van der Waals surface area contributed by atoms with Crippen LogP contribution in [0.5, 0.6) is 11.5 Å². The molecule has 3 amide bonds. The molecule has 350 valence electrons. The van der Waals surface area contributed by atoms with Gasteiger partial charge in [-0.15, -0.1) is 11.3 Å². The lowest BCUT2D eigenvalue weighted by atomic mass is 10.0. The molecule has 2 aromatic carbocycles. The first kappa shape index (κ1) is 46.9. The van der Waals surface area contributed by atoms with Gasteiger partial charge in [-0.25, -0.2) is 23.5 Å². The van der Waals surface area contributed by atoms with E-state index in [0.29, 0.717) is 64.6 Å². The van der Waals surface area contributed by atoms with Crippen molar-refractivity contribution in [3.05, 3.63) is 64.0 Å². The number of ether oxygens (including phenoxy) is 3. The molecule has 14 nitrogen and oxygen atoms in total. The highest BCUT2D eigenvalue weighted by Crippen LogP contribution is 2.71. The van der Waals surface area contributed by atoms with E-state index in [1.165, 1.54) is 29.4 Å². The molecule has 4 heterocycles. The lowest BCUT2D eigenvalue weighted by molar-refractivity contribution is -0.140. The number of amides is 3. The molecule has 4 aliphatic rings. The number of pyridine rings is 1. The number of aromatic nitrogens is 2. The van der Waals surface area contributed by atoms with Gasteiger partial charge in [0.25, 0.3) is 0 Å². The second-order valence-corrected chi connectivity index (χ2v) is 21.8. The largest absolute Gasteiger partial charge is 0.495 e. The summed E-state index contributed by atoms with van der Waals surface area (Å²) in [6.07, 6.45) is 5.33. The van der Waals surface area contributed by atoms with E-state index in [2.05, 4.69) is 16.0 Å². The summed E-state index contributed by atoms with van der Waals surface area (Å²) in [4.78, 5) is 65.9. The van der Waals surface area contributed by atoms with Gasteiger partial charge in [0.05, 0.1) is 31.0 Å². The molecule has 0 spiro atoms. The third kappa shape index (κ3) is 10.2. The van der Waals surface area contributed by atoms with E-state index in [0.717, 1.165) is 57.1 Å². The van der Waals surface area contributed by atoms with Crippen LogP contribution < -0.4 is 25.4 Å². The number of thiazole rings is 1. The predicted molar refractivity (Wildman–Crippen MR) is 245 cm³/mol. The van der Waals surface area contributed by atoms with Crippen molar-refractivity contribution in [2.24, 2.45) is 5.92 Å². The number of alkyl carbamates (subject to hydrolysis) is 1. The molecular weight excluding hydrogens is 901 g/mol. The van der Waals surface area contributed by atoms with Crippen molar-refractivity contribution < 1.29 is 46.8 Å². The van der Waals surface area contributed by atoms with Gasteiger partial charge in [0.15, 0.2) is 5.13 Å². The lowest BCUT2D eigenvalue weighted by Gasteiger charge is -2.31. The molecule has 1 unspecified atom stereocenters. The zero-order chi connectivity index (χ0) is 46.0. The highest BCUT2D eigenvalue weighted by molar-refractivity contribution is 7.59. The van der Waals surface area contributed by atoms with Gasteiger partial charge in [-0.1, -0.05) is 49.8 Å². The molecular formula is C46H56ClF2N6O8PS. The second-order valence-electron chi connectivity index (χ2n) is 18.0. The highest BCUT2D eigenvalue weighted by atomic mass is 35.5. The molecule has 6 atom stereocenters. The van der Waals surface area contributed by atoms with Crippen LogP contribution in [-0.2, 0) is 25.1 Å². The Morgan fingerprint density at radius 2 is 1.71 bits per heavy atom. The molecule has 2 aromatic heterocycles.